The van der Waals surface area contributed by atoms with Gasteiger partial charge in [-0.05, 0) is 51.3 Å². The summed E-state index contributed by atoms with van der Waals surface area (Å²) in [5, 5.41) is 5.14. The van der Waals surface area contributed by atoms with Crippen LogP contribution < -0.4 is 21.1 Å². The van der Waals surface area contributed by atoms with Gasteiger partial charge in [0.05, 0.1) is 25.5 Å². The van der Waals surface area contributed by atoms with E-state index < -0.39 is 22.9 Å². The minimum absolute atomic E-state index is 0.0436. The number of imidazole rings is 1. The first-order valence-corrected chi connectivity index (χ1v) is 10.9. The summed E-state index contributed by atoms with van der Waals surface area (Å²) in [4.78, 5) is 43.9. The summed E-state index contributed by atoms with van der Waals surface area (Å²) in [5.74, 6) is 0.0328. The largest absolute Gasteiger partial charge is 0.497 e. The maximum absolute atomic E-state index is 13.6. The number of benzene rings is 1. The first-order chi connectivity index (χ1) is 15.6. The molecule has 0 saturated carbocycles. The van der Waals surface area contributed by atoms with E-state index >= 15 is 0 Å². The van der Waals surface area contributed by atoms with Gasteiger partial charge in [-0.25, -0.2) is 4.98 Å². The number of amides is 3. The lowest BCUT2D eigenvalue weighted by Crippen LogP contribution is -2.50. The number of nitrogens with two attached hydrogens (primary N) is 1. The fourth-order valence-corrected chi connectivity index (χ4v) is 3.73. The maximum atomic E-state index is 13.6. The molecular formula is C23H32N6O4. The van der Waals surface area contributed by atoms with Crippen molar-refractivity contribution in [2.75, 3.05) is 32.1 Å². The highest BCUT2D eigenvalue weighted by atomic mass is 16.5. The molecule has 0 bridgehead atoms. The monoisotopic (exact) mass is 456 g/mol. The molecule has 1 saturated heterocycles. The van der Waals surface area contributed by atoms with Crippen molar-refractivity contribution in [2.24, 2.45) is 5.73 Å². The van der Waals surface area contributed by atoms with Gasteiger partial charge in [0.1, 0.15) is 11.3 Å². The van der Waals surface area contributed by atoms with Crippen LogP contribution in [0.1, 0.15) is 39.2 Å². The summed E-state index contributed by atoms with van der Waals surface area (Å²) in [6, 6.07) is 7.34. The third kappa shape index (κ3) is 5.33. The molecule has 3 amide bonds. The number of carbonyl (C=O) groups is 3. The molecule has 2 aromatic rings. The Kier molecular flexibility index (Phi) is 7.06. The lowest BCUT2D eigenvalue weighted by Gasteiger charge is -2.34. The van der Waals surface area contributed by atoms with E-state index in [0.29, 0.717) is 18.8 Å². The van der Waals surface area contributed by atoms with Gasteiger partial charge >= 0.3 is 0 Å². The van der Waals surface area contributed by atoms with E-state index in [2.05, 4.69) is 15.6 Å². The molecule has 2 heterocycles. The molecule has 1 aliphatic heterocycles. The highest BCUT2D eigenvalue weighted by Crippen LogP contribution is 2.32. The second-order valence-electron chi connectivity index (χ2n) is 8.92. The van der Waals surface area contributed by atoms with E-state index in [0.717, 1.165) is 18.4 Å². The van der Waals surface area contributed by atoms with Crippen molar-refractivity contribution in [2.45, 2.75) is 44.7 Å². The zero-order valence-electron chi connectivity index (χ0n) is 19.6. The summed E-state index contributed by atoms with van der Waals surface area (Å²) < 4.78 is 6.96. The molecule has 1 aliphatic rings. The average Bonchev–Trinajstić information content (AvgIpc) is 3.48. The van der Waals surface area contributed by atoms with Crippen LogP contribution in [0.15, 0.2) is 36.8 Å². The number of hydrogen-bond acceptors (Lipinski definition) is 6. The number of hydrogen-bond donors (Lipinski definition) is 3. The van der Waals surface area contributed by atoms with Crippen molar-refractivity contribution in [1.82, 2.24) is 19.8 Å². The highest BCUT2D eigenvalue weighted by molar-refractivity contribution is 5.95. The molecule has 0 spiro atoms. The minimum Gasteiger partial charge on any atom is -0.497 e. The fourth-order valence-electron chi connectivity index (χ4n) is 3.73. The van der Waals surface area contributed by atoms with Gasteiger partial charge in [0.25, 0.3) is 5.91 Å². The molecular weight excluding hydrogens is 424 g/mol. The highest BCUT2D eigenvalue weighted by Gasteiger charge is 2.41. The smallest absolute Gasteiger partial charge is 0.253 e. The predicted molar refractivity (Wildman–Crippen MR) is 124 cm³/mol. The summed E-state index contributed by atoms with van der Waals surface area (Å²) in [5.41, 5.74) is 4.34. The normalized spacial score (nSPS) is 15.6. The molecule has 1 aromatic carbocycles. The molecule has 178 valence electrons. The van der Waals surface area contributed by atoms with Crippen molar-refractivity contribution in [1.29, 1.82) is 0 Å². The van der Waals surface area contributed by atoms with Crippen LogP contribution in [0.4, 0.5) is 5.82 Å². The fraction of sp³-hybridized carbons (Fsp3) is 0.478. The van der Waals surface area contributed by atoms with Gasteiger partial charge in [-0.15, -0.1) is 0 Å². The van der Waals surface area contributed by atoms with Crippen LogP contribution in [0.3, 0.4) is 0 Å². The quantitative estimate of drug-likeness (QED) is 0.544. The number of aromatic nitrogens is 2. The molecule has 3 rings (SSSR count). The van der Waals surface area contributed by atoms with Crippen LogP contribution in [0.2, 0.25) is 0 Å². The Bertz CT molecular complexity index is 1000. The Hall–Kier alpha value is -3.40. The number of carbonyl (C=O) groups excluding carboxylic acids is 3. The summed E-state index contributed by atoms with van der Waals surface area (Å²) in [6.45, 7) is 6.12. The molecule has 4 N–H and O–H groups in total. The Morgan fingerprint density at radius 3 is 2.33 bits per heavy atom. The van der Waals surface area contributed by atoms with E-state index in [1.54, 1.807) is 31.7 Å². The standard InChI is InChI=1S/C23H32N6O4/c1-22(2,24)20(31)25-13-19(30)27-18-14-29(15-26-18)23(3,21(32)28-11-5-6-12-28)16-7-9-17(33-4)10-8-16/h7-10,14-15H,5-6,11-13,24H2,1-4H3,(H,25,31)(H,27,30)/t23-/m1/s1. The summed E-state index contributed by atoms with van der Waals surface area (Å²) >= 11 is 0. The van der Waals surface area contributed by atoms with Gasteiger partial charge in [-0.2, -0.15) is 0 Å². The number of ether oxygens (including phenoxy) is 1. The zero-order valence-corrected chi connectivity index (χ0v) is 19.6. The van der Waals surface area contributed by atoms with Crippen LogP contribution in [-0.2, 0) is 19.9 Å². The van der Waals surface area contributed by atoms with Crippen LogP contribution in [0, 0.1) is 0 Å². The van der Waals surface area contributed by atoms with Gasteiger partial charge in [0.2, 0.25) is 11.8 Å². The zero-order chi connectivity index (χ0) is 24.2. The number of methoxy groups -OCH3 is 1. The van der Waals surface area contributed by atoms with Crippen LogP contribution in [-0.4, -0.2) is 64.5 Å². The molecule has 1 atom stereocenters. The van der Waals surface area contributed by atoms with Crippen molar-refractivity contribution in [3.63, 3.8) is 0 Å². The van der Waals surface area contributed by atoms with Crippen LogP contribution in [0.25, 0.3) is 0 Å². The summed E-state index contributed by atoms with van der Waals surface area (Å²) in [6.07, 6.45) is 5.09. The second-order valence-corrected chi connectivity index (χ2v) is 8.92. The Morgan fingerprint density at radius 1 is 1.12 bits per heavy atom. The topological polar surface area (TPSA) is 132 Å². The van der Waals surface area contributed by atoms with Crippen molar-refractivity contribution >= 4 is 23.5 Å². The lowest BCUT2D eigenvalue weighted by molar-refractivity contribution is -0.137. The van der Waals surface area contributed by atoms with E-state index in [1.165, 1.54) is 6.33 Å². The number of likely N-dealkylation sites (tertiary alicyclic amines) is 1. The van der Waals surface area contributed by atoms with Crippen molar-refractivity contribution < 1.29 is 19.1 Å². The average molecular weight is 457 g/mol. The molecule has 0 unspecified atom stereocenters. The van der Waals surface area contributed by atoms with E-state index in [-0.39, 0.29) is 18.3 Å². The van der Waals surface area contributed by atoms with Gasteiger partial charge in [-0.3, -0.25) is 14.4 Å². The first kappa shape index (κ1) is 24.2. The van der Waals surface area contributed by atoms with E-state index in [9.17, 15) is 14.4 Å². The van der Waals surface area contributed by atoms with Crippen molar-refractivity contribution in [3.05, 3.63) is 42.4 Å². The third-order valence-corrected chi connectivity index (χ3v) is 5.82. The predicted octanol–water partition coefficient (Wildman–Crippen LogP) is 1.07. The first-order valence-electron chi connectivity index (χ1n) is 10.9. The second kappa shape index (κ2) is 9.62. The molecule has 33 heavy (non-hydrogen) atoms. The number of nitrogens with zero attached hydrogens (tertiary/aromatic N) is 3. The Labute approximate surface area is 193 Å². The van der Waals surface area contributed by atoms with Crippen LogP contribution >= 0.6 is 0 Å². The number of nitrogens with one attached hydrogen (secondary N) is 2. The minimum atomic E-state index is -1.09. The van der Waals surface area contributed by atoms with Gasteiger partial charge < -0.3 is 30.6 Å². The molecule has 1 aromatic heterocycles. The Morgan fingerprint density at radius 2 is 1.76 bits per heavy atom. The van der Waals surface area contributed by atoms with Crippen LogP contribution in [0.5, 0.6) is 5.75 Å². The molecule has 1 fully saturated rings. The van der Waals surface area contributed by atoms with Gasteiger partial charge in [-0.1, -0.05) is 12.1 Å². The molecule has 10 nitrogen and oxygen atoms in total. The van der Waals surface area contributed by atoms with E-state index in [4.69, 9.17) is 10.5 Å². The molecule has 0 radical (unpaired) electrons. The maximum Gasteiger partial charge on any atom is 0.253 e. The van der Waals surface area contributed by atoms with Crippen molar-refractivity contribution in [3.8, 4) is 5.75 Å². The number of anilines is 1. The molecule has 10 heteroatoms. The van der Waals surface area contributed by atoms with Gasteiger partial charge in [0, 0.05) is 19.3 Å². The summed E-state index contributed by atoms with van der Waals surface area (Å²) in [7, 11) is 1.59. The molecule has 0 aliphatic carbocycles. The lowest BCUT2D eigenvalue weighted by atomic mass is 9.90. The number of rotatable bonds is 8. The SMILES string of the molecule is COc1ccc([C@](C)(C(=O)N2CCCC2)n2cnc(NC(=O)CNC(=O)C(C)(C)N)c2)cc1. The third-order valence-electron chi connectivity index (χ3n) is 5.82. The van der Waals surface area contributed by atoms with Gasteiger partial charge in [0.15, 0.2) is 5.82 Å². The Balaban J connectivity index is 1.82. The van der Waals surface area contributed by atoms with E-state index in [1.807, 2.05) is 36.1 Å².